The van der Waals surface area contributed by atoms with Crippen molar-refractivity contribution in [1.29, 1.82) is 0 Å². The van der Waals surface area contributed by atoms with E-state index in [-0.39, 0.29) is 11.4 Å². The number of aryl methyl sites for hydroxylation is 1. The molecule has 1 aliphatic rings. The number of hydrogen-bond donors (Lipinski definition) is 0. The van der Waals surface area contributed by atoms with E-state index < -0.39 is 18.6 Å². The van der Waals surface area contributed by atoms with E-state index in [2.05, 4.69) is 4.98 Å². The van der Waals surface area contributed by atoms with E-state index in [0.717, 1.165) is 37.9 Å². The molecule has 1 amide bonds. The van der Waals surface area contributed by atoms with Crippen molar-refractivity contribution in [2.24, 2.45) is 0 Å². The number of nitrogens with zero attached hydrogens (tertiary/aromatic N) is 3. The molecule has 0 aliphatic carbocycles. The highest BCUT2D eigenvalue weighted by Crippen LogP contribution is 2.31. The summed E-state index contributed by atoms with van der Waals surface area (Å²) in [6.07, 6.45) is -0.121. The maximum atomic E-state index is 13.3. The zero-order valence-electron chi connectivity index (χ0n) is 16.5. The molecule has 1 aromatic carbocycles. The normalized spacial score (nSPS) is 14.6. The average molecular weight is 407 g/mol. The van der Waals surface area contributed by atoms with Gasteiger partial charge in [0, 0.05) is 25.4 Å². The molecule has 0 bridgehead atoms. The van der Waals surface area contributed by atoms with E-state index in [1.54, 1.807) is 25.1 Å². The quantitative estimate of drug-likeness (QED) is 0.727. The fourth-order valence-electron chi connectivity index (χ4n) is 3.47. The number of benzene rings is 1. The first kappa shape index (κ1) is 21.0. The summed E-state index contributed by atoms with van der Waals surface area (Å²) in [6.45, 7) is 1.83. The Kier molecular flexibility index (Phi) is 6.30. The van der Waals surface area contributed by atoms with Gasteiger partial charge in [-0.25, -0.2) is 4.98 Å². The maximum Gasteiger partial charge on any atom is 0.406 e. The van der Waals surface area contributed by atoms with Crippen LogP contribution in [-0.2, 0) is 0 Å². The molecule has 2 aromatic rings. The van der Waals surface area contributed by atoms with E-state index in [1.165, 1.54) is 25.4 Å². The fourth-order valence-corrected chi connectivity index (χ4v) is 3.47. The summed E-state index contributed by atoms with van der Waals surface area (Å²) in [6, 6.07) is 7.99. The highest BCUT2D eigenvalue weighted by atomic mass is 19.4. The summed E-state index contributed by atoms with van der Waals surface area (Å²) in [5.41, 5.74) is 1.52. The minimum absolute atomic E-state index is 0.0206. The molecule has 0 saturated carbocycles. The molecule has 0 radical (unpaired) electrons. The third-order valence-corrected chi connectivity index (χ3v) is 4.89. The van der Waals surface area contributed by atoms with Crippen LogP contribution in [-0.4, -0.2) is 43.8 Å². The molecule has 0 atom stereocenters. The lowest BCUT2D eigenvalue weighted by Gasteiger charge is -2.32. The number of carbonyl (C=O) groups is 1. The Labute approximate surface area is 168 Å². The Balaban J connectivity index is 2.04. The van der Waals surface area contributed by atoms with Gasteiger partial charge < -0.3 is 9.64 Å². The Hall–Kier alpha value is -2.77. The van der Waals surface area contributed by atoms with Crippen LogP contribution in [0.2, 0.25) is 0 Å². The minimum atomic E-state index is -4.56. The van der Waals surface area contributed by atoms with Crippen LogP contribution in [0.1, 0.15) is 35.2 Å². The molecule has 29 heavy (non-hydrogen) atoms. The van der Waals surface area contributed by atoms with Crippen LogP contribution in [0.25, 0.3) is 0 Å². The summed E-state index contributed by atoms with van der Waals surface area (Å²) in [5, 5.41) is 0. The van der Waals surface area contributed by atoms with E-state index in [1.807, 2.05) is 4.90 Å². The van der Waals surface area contributed by atoms with Crippen molar-refractivity contribution in [3.05, 3.63) is 47.7 Å². The Morgan fingerprint density at radius 1 is 1.17 bits per heavy atom. The van der Waals surface area contributed by atoms with Crippen molar-refractivity contribution in [3.8, 4) is 5.75 Å². The first-order valence-electron chi connectivity index (χ1n) is 9.53. The minimum Gasteiger partial charge on any atom is -0.497 e. The lowest BCUT2D eigenvalue weighted by Crippen LogP contribution is -2.41. The second kappa shape index (κ2) is 8.71. The highest BCUT2D eigenvalue weighted by molar-refractivity contribution is 6.09. The van der Waals surface area contributed by atoms with Crippen molar-refractivity contribution < 1.29 is 22.7 Å². The van der Waals surface area contributed by atoms with Gasteiger partial charge in [0.25, 0.3) is 5.91 Å². The van der Waals surface area contributed by atoms with Gasteiger partial charge in [-0.2, -0.15) is 13.2 Å². The van der Waals surface area contributed by atoms with Crippen LogP contribution in [0.4, 0.5) is 24.7 Å². The molecule has 5 nitrogen and oxygen atoms in total. The molecule has 1 saturated heterocycles. The maximum absolute atomic E-state index is 13.3. The molecule has 2 heterocycles. The molecule has 8 heteroatoms. The van der Waals surface area contributed by atoms with Crippen LogP contribution in [0.3, 0.4) is 0 Å². The Bertz CT molecular complexity index is 864. The molecular formula is C21H24F3N3O2. The van der Waals surface area contributed by atoms with Crippen molar-refractivity contribution >= 4 is 17.4 Å². The standard InChI is InChI=1S/C21H24F3N3O2/c1-15-8-9-25-19(12-15)27(14-21(22,23)24)20(28)17-7-6-16(29-2)13-18(17)26-10-4-3-5-11-26/h6-9,12-13H,3-5,10-11,14H2,1-2H3. The number of ether oxygens (including phenoxy) is 1. The summed E-state index contributed by atoms with van der Waals surface area (Å²) in [4.78, 5) is 20.1. The van der Waals surface area contributed by atoms with Gasteiger partial charge in [-0.3, -0.25) is 9.69 Å². The molecule has 0 unspecified atom stereocenters. The molecule has 156 valence electrons. The topological polar surface area (TPSA) is 45.7 Å². The van der Waals surface area contributed by atoms with Crippen molar-refractivity contribution in [3.63, 3.8) is 0 Å². The van der Waals surface area contributed by atoms with Gasteiger partial charge in [0.05, 0.1) is 18.4 Å². The van der Waals surface area contributed by atoms with Gasteiger partial charge in [-0.1, -0.05) is 0 Å². The van der Waals surface area contributed by atoms with E-state index in [4.69, 9.17) is 4.74 Å². The Morgan fingerprint density at radius 3 is 2.52 bits per heavy atom. The van der Waals surface area contributed by atoms with Gasteiger partial charge in [0.2, 0.25) is 0 Å². The predicted octanol–water partition coefficient (Wildman–Crippen LogP) is 4.60. The van der Waals surface area contributed by atoms with Gasteiger partial charge in [0.15, 0.2) is 0 Å². The van der Waals surface area contributed by atoms with Crippen LogP contribution < -0.4 is 14.5 Å². The van der Waals surface area contributed by atoms with Crippen molar-refractivity contribution in [1.82, 2.24) is 4.98 Å². The number of halogens is 3. The monoisotopic (exact) mass is 407 g/mol. The van der Waals surface area contributed by atoms with Crippen molar-refractivity contribution in [2.75, 3.05) is 36.5 Å². The molecule has 0 spiro atoms. The van der Waals surface area contributed by atoms with Gasteiger partial charge >= 0.3 is 6.18 Å². The smallest absolute Gasteiger partial charge is 0.406 e. The number of aromatic nitrogens is 1. The van der Waals surface area contributed by atoms with E-state index >= 15 is 0 Å². The predicted molar refractivity (Wildman–Crippen MR) is 106 cm³/mol. The zero-order valence-corrected chi connectivity index (χ0v) is 16.5. The summed E-state index contributed by atoms with van der Waals surface area (Å²) < 4.78 is 45.1. The first-order chi connectivity index (χ1) is 13.8. The van der Waals surface area contributed by atoms with Crippen LogP contribution >= 0.6 is 0 Å². The van der Waals surface area contributed by atoms with Crippen LogP contribution in [0.15, 0.2) is 36.5 Å². The second-order valence-corrected chi connectivity index (χ2v) is 7.13. The average Bonchev–Trinajstić information content (AvgIpc) is 2.71. The number of piperidine rings is 1. The first-order valence-corrected chi connectivity index (χ1v) is 9.53. The second-order valence-electron chi connectivity index (χ2n) is 7.13. The van der Waals surface area contributed by atoms with Gasteiger partial charge in [0.1, 0.15) is 18.1 Å². The number of hydrogen-bond acceptors (Lipinski definition) is 4. The number of alkyl halides is 3. The van der Waals surface area contributed by atoms with Crippen molar-refractivity contribution in [2.45, 2.75) is 32.4 Å². The SMILES string of the molecule is COc1ccc(C(=O)N(CC(F)(F)F)c2cc(C)ccn2)c(N2CCCCC2)c1. The summed E-state index contributed by atoms with van der Waals surface area (Å²) in [7, 11) is 1.52. The molecule has 0 N–H and O–H groups in total. The molecule has 1 fully saturated rings. The summed E-state index contributed by atoms with van der Waals surface area (Å²) in [5.74, 6) is -0.199. The zero-order chi connectivity index (χ0) is 21.0. The van der Waals surface area contributed by atoms with Crippen LogP contribution in [0, 0.1) is 6.92 Å². The Morgan fingerprint density at radius 2 is 1.90 bits per heavy atom. The lowest BCUT2D eigenvalue weighted by atomic mass is 10.1. The molecule has 1 aliphatic heterocycles. The van der Waals surface area contributed by atoms with Gasteiger partial charge in [-0.15, -0.1) is 0 Å². The van der Waals surface area contributed by atoms with Crippen LogP contribution in [0.5, 0.6) is 5.75 Å². The number of methoxy groups -OCH3 is 1. The largest absolute Gasteiger partial charge is 0.497 e. The number of rotatable bonds is 5. The number of carbonyl (C=O) groups excluding carboxylic acids is 1. The van der Waals surface area contributed by atoms with E-state index in [0.29, 0.717) is 16.3 Å². The van der Waals surface area contributed by atoms with E-state index in [9.17, 15) is 18.0 Å². The lowest BCUT2D eigenvalue weighted by molar-refractivity contribution is -0.118. The number of anilines is 2. The third kappa shape index (κ3) is 5.19. The molecule has 3 rings (SSSR count). The van der Waals surface area contributed by atoms with Gasteiger partial charge in [-0.05, 0) is 56.0 Å². The summed E-state index contributed by atoms with van der Waals surface area (Å²) >= 11 is 0. The molecule has 1 aromatic heterocycles. The number of amides is 1. The number of pyridine rings is 1. The third-order valence-electron chi connectivity index (χ3n) is 4.89. The fraction of sp³-hybridized carbons (Fsp3) is 0.429. The molecular weight excluding hydrogens is 383 g/mol. The highest BCUT2D eigenvalue weighted by Gasteiger charge is 2.36.